The van der Waals surface area contributed by atoms with Crippen LogP contribution in [0.25, 0.3) is 0 Å². The third kappa shape index (κ3) is 8.86. The number of carbonyl (C=O) groups excluding carboxylic acids is 2. The fourth-order valence-corrected chi connectivity index (χ4v) is 0.819. The summed E-state index contributed by atoms with van der Waals surface area (Å²) in [5.74, 6) is 0. The monoisotopic (exact) mass is 216 g/mol. The highest BCUT2D eigenvalue weighted by Crippen LogP contribution is 1.81. The molecule has 0 aromatic heterocycles. The molecule has 0 saturated heterocycles. The van der Waals surface area contributed by atoms with Crippen molar-refractivity contribution in [2.45, 2.75) is 33.1 Å². The van der Waals surface area contributed by atoms with Gasteiger partial charge in [0, 0.05) is 13.1 Å². The highest BCUT2D eigenvalue weighted by Gasteiger charge is 2.01. The highest BCUT2D eigenvalue weighted by atomic mass is 16.2. The molecule has 6 nitrogen and oxygen atoms in total. The lowest BCUT2D eigenvalue weighted by atomic mass is 10.3. The van der Waals surface area contributed by atoms with Crippen LogP contribution in [0.3, 0.4) is 0 Å². The molecule has 88 valence electrons. The average molecular weight is 216 g/mol. The Morgan fingerprint density at radius 2 is 1.40 bits per heavy atom. The van der Waals surface area contributed by atoms with Crippen LogP contribution < -0.4 is 21.5 Å². The summed E-state index contributed by atoms with van der Waals surface area (Å²) in [6.07, 6.45) is 2.80. The molecule has 0 fully saturated rings. The smallest absolute Gasteiger partial charge is 0.333 e. The molecule has 0 spiro atoms. The normalized spacial score (nSPS) is 9.20. The Bertz CT molecular complexity index is 197. The van der Waals surface area contributed by atoms with Crippen LogP contribution in [-0.2, 0) is 0 Å². The number of rotatable bonds is 5. The summed E-state index contributed by atoms with van der Waals surface area (Å²) >= 11 is 0. The number of hydrazine groups is 1. The third-order valence-electron chi connectivity index (χ3n) is 1.64. The van der Waals surface area contributed by atoms with Gasteiger partial charge in [-0.1, -0.05) is 20.3 Å². The predicted molar refractivity (Wildman–Crippen MR) is 58.3 cm³/mol. The maximum absolute atomic E-state index is 11.0. The van der Waals surface area contributed by atoms with Crippen LogP contribution in [0.15, 0.2) is 0 Å². The van der Waals surface area contributed by atoms with Crippen molar-refractivity contribution in [3.05, 3.63) is 0 Å². The molecule has 0 aliphatic carbocycles. The first-order valence-electron chi connectivity index (χ1n) is 5.28. The van der Waals surface area contributed by atoms with Gasteiger partial charge in [-0.25, -0.2) is 20.4 Å². The highest BCUT2D eigenvalue weighted by molar-refractivity contribution is 5.79. The summed E-state index contributed by atoms with van der Waals surface area (Å²) < 4.78 is 0. The van der Waals surface area contributed by atoms with Gasteiger partial charge >= 0.3 is 12.1 Å². The number of hydrogen-bond acceptors (Lipinski definition) is 2. The standard InChI is InChI=1S/C9H20N4O2/c1-3-5-7-11-9(15)13-12-8(14)10-6-4-2/h3-7H2,1-2H3,(H2,10,12,14)(H2,11,13,15). The number of hydrogen-bond donors (Lipinski definition) is 4. The van der Waals surface area contributed by atoms with Crippen molar-refractivity contribution in [2.24, 2.45) is 0 Å². The number of carbonyl (C=O) groups is 2. The minimum atomic E-state index is -0.400. The zero-order valence-corrected chi connectivity index (χ0v) is 9.35. The van der Waals surface area contributed by atoms with E-state index in [1.165, 1.54) is 0 Å². The quantitative estimate of drug-likeness (QED) is 0.403. The summed E-state index contributed by atoms with van der Waals surface area (Å²) in [6, 6.07) is -0.794. The molecule has 0 saturated carbocycles. The van der Waals surface area contributed by atoms with E-state index in [9.17, 15) is 9.59 Å². The van der Waals surface area contributed by atoms with E-state index < -0.39 is 12.1 Å². The lowest BCUT2D eigenvalue weighted by Gasteiger charge is -2.09. The molecule has 0 aromatic rings. The summed E-state index contributed by atoms with van der Waals surface area (Å²) in [7, 11) is 0. The van der Waals surface area contributed by atoms with Crippen molar-refractivity contribution >= 4 is 12.1 Å². The topological polar surface area (TPSA) is 82.3 Å². The van der Waals surface area contributed by atoms with E-state index >= 15 is 0 Å². The molecule has 6 heteroatoms. The van der Waals surface area contributed by atoms with E-state index in [0.717, 1.165) is 19.3 Å². The number of amides is 4. The van der Waals surface area contributed by atoms with Gasteiger partial charge in [-0.3, -0.25) is 0 Å². The molecular weight excluding hydrogens is 196 g/mol. The second-order valence-electron chi connectivity index (χ2n) is 3.12. The summed E-state index contributed by atoms with van der Waals surface area (Å²) in [5.41, 5.74) is 4.47. The Kier molecular flexibility index (Phi) is 8.22. The Morgan fingerprint density at radius 1 is 0.867 bits per heavy atom. The van der Waals surface area contributed by atoms with Gasteiger partial charge in [0.15, 0.2) is 0 Å². The third-order valence-corrected chi connectivity index (χ3v) is 1.64. The van der Waals surface area contributed by atoms with Gasteiger partial charge in [-0.15, -0.1) is 0 Å². The summed E-state index contributed by atoms with van der Waals surface area (Å²) in [4.78, 5) is 22.0. The van der Waals surface area contributed by atoms with Gasteiger partial charge in [-0.2, -0.15) is 0 Å². The second-order valence-corrected chi connectivity index (χ2v) is 3.12. The van der Waals surface area contributed by atoms with Gasteiger partial charge in [-0.05, 0) is 12.8 Å². The first-order chi connectivity index (χ1) is 7.20. The van der Waals surface area contributed by atoms with Gasteiger partial charge in [0.1, 0.15) is 0 Å². The van der Waals surface area contributed by atoms with E-state index in [4.69, 9.17) is 0 Å². The largest absolute Gasteiger partial charge is 0.337 e. The summed E-state index contributed by atoms with van der Waals surface area (Å²) in [6.45, 7) is 5.19. The molecule has 0 aromatic carbocycles. The molecule has 0 aliphatic rings. The van der Waals surface area contributed by atoms with Crippen LogP contribution in [0.1, 0.15) is 33.1 Å². The lowest BCUT2D eigenvalue weighted by molar-refractivity contribution is 0.224. The maximum Gasteiger partial charge on any atom is 0.333 e. The number of urea groups is 2. The van der Waals surface area contributed by atoms with Gasteiger partial charge in [0.2, 0.25) is 0 Å². The predicted octanol–water partition coefficient (Wildman–Crippen LogP) is 0.710. The van der Waals surface area contributed by atoms with E-state index in [2.05, 4.69) is 21.5 Å². The van der Waals surface area contributed by atoms with Crippen LogP contribution >= 0.6 is 0 Å². The maximum atomic E-state index is 11.0. The number of unbranched alkanes of at least 4 members (excludes halogenated alkanes) is 1. The lowest BCUT2D eigenvalue weighted by Crippen LogP contribution is -2.50. The molecule has 0 radical (unpaired) electrons. The van der Waals surface area contributed by atoms with E-state index in [1.807, 2.05) is 13.8 Å². The average Bonchev–Trinajstić information content (AvgIpc) is 2.24. The van der Waals surface area contributed by atoms with Gasteiger partial charge in [0.25, 0.3) is 0 Å². The molecule has 4 amide bonds. The minimum Gasteiger partial charge on any atom is -0.337 e. The Labute approximate surface area is 90.2 Å². The van der Waals surface area contributed by atoms with E-state index in [-0.39, 0.29) is 0 Å². The zero-order chi connectivity index (χ0) is 11.5. The zero-order valence-electron chi connectivity index (χ0n) is 9.35. The van der Waals surface area contributed by atoms with Crippen molar-refractivity contribution < 1.29 is 9.59 Å². The van der Waals surface area contributed by atoms with Crippen LogP contribution in [0.2, 0.25) is 0 Å². The molecule has 0 atom stereocenters. The Morgan fingerprint density at radius 3 is 1.87 bits per heavy atom. The summed E-state index contributed by atoms with van der Waals surface area (Å²) in [5, 5.41) is 5.16. The van der Waals surface area contributed by atoms with Crippen molar-refractivity contribution in [1.29, 1.82) is 0 Å². The van der Waals surface area contributed by atoms with Crippen LogP contribution in [-0.4, -0.2) is 25.2 Å². The Balaban J connectivity index is 3.40. The van der Waals surface area contributed by atoms with Crippen LogP contribution in [0.5, 0.6) is 0 Å². The molecule has 0 heterocycles. The second kappa shape index (κ2) is 9.11. The SMILES string of the molecule is CCCCNC(=O)NNC(=O)NCCC. The minimum absolute atomic E-state index is 0.393. The van der Waals surface area contributed by atoms with Crippen LogP contribution in [0.4, 0.5) is 9.59 Å². The molecule has 0 unspecified atom stereocenters. The van der Waals surface area contributed by atoms with Gasteiger partial charge in [0.05, 0.1) is 0 Å². The van der Waals surface area contributed by atoms with Crippen LogP contribution in [0, 0.1) is 0 Å². The first kappa shape index (κ1) is 13.5. The molecule has 0 aliphatic heterocycles. The Hall–Kier alpha value is -1.46. The molecule has 4 N–H and O–H groups in total. The molecular formula is C9H20N4O2. The number of nitrogens with one attached hydrogen (secondary N) is 4. The molecule has 15 heavy (non-hydrogen) atoms. The van der Waals surface area contributed by atoms with E-state index in [0.29, 0.717) is 13.1 Å². The van der Waals surface area contributed by atoms with Crippen molar-refractivity contribution in [3.8, 4) is 0 Å². The van der Waals surface area contributed by atoms with E-state index in [1.54, 1.807) is 0 Å². The fraction of sp³-hybridized carbons (Fsp3) is 0.778. The van der Waals surface area contributed by atoms with Gasteiger partial charge < -0.3 is 10.6 Å². The molecule has 0 rings (SSSR count). The van der Waals surface area contributed by atoms with Crippen molar-refractivity contribution in [2.75, 3.05) is 13.1 Å². The van der Waals surface area contributed by atoms with Crippen molar-refractivity contribution in [3.63, 3.8) is 0 Å². The van der Waals surface area contributed by atoms with Crippen molar-refractivity contribution in [1.82, 2.24) is 21.5 Å². The fourth-order valence-electron chi connectivity index (χ4n) is 0.819. The molecule has 0 bridgehead atoms. The first-order valence-corrected chi connectivity index (χ1v) is 5.28.